The number of urea groups is 1. The van der Waals surface area contributed by atoms with Gasteiger partial charge >= 0.3 is 6.03 Å². The highest BCUT2D eigenvalue weighted by atomic mass is 16.3. The molecule has 0 unspecified atom stereocenters. The number of nitrogens with zero attached hydrogens (tertiary/aromatic N) is 1. The van der Waals surface area contributed by atoms with E-state index in [4.69, 9.17) is 5.11 Å². The lowest BCUT2D eigenvalue weighted by Gasteiger charge is -2.20. The minimum atomic E-state index is -0.944. The average molecular weight is 341 g/mol. The molecule has 3 rings (SSSR count). The van der Waals surface area contributed by atoms with Gasteiger partial charge in [-0.3, -0.25) is 0 Å². The fourth-order valence-corrected chi connectivity index (χ4v) is 2.94. The van der Waals surface area contributed by atoms with Crippen molar-refractivity contribution >= 4 is 23.1 Å². The van der Waals surface area contributed by atoms with Crippen molar-refractivity contribution in [2.75, 3.05) is 30.8 Å². The molecule has 0 spiro atoms. The summed E-state index contributed by atoms with van der Waals surface area (Å²) in [6, 6.07) is 13.7. The predicted molar refractivity (Wildman–Crippen MR) is 98.3 cm³/mol. The molecule has 0 aromatic heterocycles. The molecule has 1 aliphatic rings. The summed E-state index contributed by atoms with van der Waals surface area (Å²) in [4.78, 5) is 13.5. The Balaban J connectivity index is 1.74. The van der Waals surface area contributed by atoms with Crippen molar-refractivity contribution in [2.24, 2.45) is 0 Å². The quantitative estimate of drug-likeness (QED) is 0.688. The van der Waals surface area contributed by atoms with Gasteiger partial charge in [0, 0.05) is 24.1 Å². The van der Waals surface area contributed by atoms with Crippen LogP contribution in [0.4, 0.5) is 21.9 Å². The zero-order chi connectivity index (χ0) is 17.8. The van der Waals surface area contributed by atoms with Crippen LogP contribution in [0.3, 0.4) is 0 Å². The van der Waals surface area contributed by atoms with Crippen molar-refractivity contribution in [3.05, 3.63) is 53.6 Å². The highest BCUT2D eigenvalue weighted by molar-refractivity contribution is 5.90. The Morgan fingerprint density at radius 3 is 2.68 bits per heavy atom. The molecule has 25 heavy (non-hydrogen) atoms. The van der Waals surface area contributed by atoms with E-state index in [-0.39, 0.29) is 19.2 Å². The van der Waals surface area contributed by atoms with Crippen LogP contribution in [-0.2, 0) is 12.8 Å². The summed E-state index contributed by atoms with van der Waals surface area (Å²) in [6.45, 7) is -0.307. The number of carbonyl (C=O) groups is 1. The molecule has 2 aromatic rings. The first-order chi connectivity index (χ1) is 12.1. The van der Waals surface area contributed by atoms with Gasteiger partial charge in [0.15, 0.2) is 0 Å². The molecule has 2 aromatic carbocycles. The van der Waals surface area contributed by atoms with Gasteiger partial charge in [-0.25, -0.2) is 4.79 Å². The van der Waals surface area contributed by atoms with Crippen LogP contribution in [0.15, 0.2) is 42.5 Å². The number of fused-ring (bicyclic) bond motifs is 2. The van der Waals surface area contributed by atoms with Crippen molar-refractivity contribution in [3.63, 3.8) is 0 Å². The molecule has 0 saturated heterocycles. The average Bonchev–Trinajstić information content (AvgIpc) is 2.80. The standard InChI is InChI=1S/C19H23N3O3/c1-22(11-16(24)12-23)19(25)20-15-9-8-14-7-6-13-4-2-3-5-17(13)21-18(14)10-15/h2-5,8-10,16,21,23-24H,6-7,11-12H2,1H3,(H,20,25)/t16-/m1/s1. The minimum Gasteiger partial charge on any atom is -0.394 e. The molecular weight excluding hydrogens is 318 g/mol. The predicted octanol–water partition coefficient (Wildman–Crippen LogP) is 2.35. The van der Waals surface area contributed by atoms with E-state index < -0.39 is 6.10 Å². The maximum atomic E-state index is 12.2. The molecule has 132 valence electrons. The van der Waals surface area contributed by atoms with Gasteiger partial charge in [0.2, 0.25) is 0 Å². The lowest BCUT2D eigenvalue weighted by molar-refractivity contribution is 0.0750. The largest absolute Gasteiger partial charge is 0.394 e. The molecule has 0 saturated carbocycles. The second-order valence-electron chi connectivity index (χ2n) is 6.30. The fourth-order valence-electron chi connectivity index (χ4n) is 2.94. The molecule has 1 heterocycles. The summed E-state index contributed by atoms with van der Waals surface area (Å²) >= 11 is 0. The smallest absolute Gasteiger partial charge is 0.321 e. The minimum absolute atomic E-state index is 0.0684. The monoisotopic (exact) mass is 341 g/mol. The molecule has 4 N–H and O–H groups in total. The van der Waals surface area contributed by atoms with Crippen LogP contribution in [0.2, 0.25) is 0 Å². The highest BCUT2D eigenvalue weighted by Gasteiger charge is 2.16. The first-order valence-electron chi connectivity index (χ1n) is 8.35. The van der Waals surface area contributed by atoms with Gasteiger partial charge < -0.3 is 25.7 Å². The number of amides is 2. The highest BCUT2D eigenvalue weighted by Crippen LogP contribution is 2.31. The number of aliphatic hydroxyl groups is 2. The first-order valence-corrected chi connectivity index (χ1v) is 8.35. The number of rotatable bonds is 4. The Kier molecular flexibility index (Phi) is 5.21. The van der Waals surface area contributed by atoms with Crippen LogP contribution >= 0.6 is 0 Å². The number of aliphatic hydroxyl groups excluding tert-OH is 2. The number of anilines is 3. The second kappa shape index (κ2) is 7.55. The zero-order valence-electron chi connectivity index (χ0n) is 14.2. The molecule has 1 atom stereocenters. The van der Waals surface area contributed by atoms with Crippen LogP contribution < -0.4 is 10.6 Å². The van der Waals surface area contributed by atoms with E-state index in [1.54, 1.807) is 7.05 Å². The third-order valence-electron chi connectivity index (χ3n) is 4.35. The normalized spacial score (nSPS) is 13.7. The van der Waals surface area contributed by atoms with Gasteiger partial charge in [0.25, 0.3) is 0 Å². The SMILES string of the molecule is CN(C[C@@H](O)CO)C(=O)Nc1ccc2c(c1)Nc1ccccc1CC2. The van der Waals surface area contributed by atoms with Crippen molar-refractivity contribution in [1.82, 2.24) is 4.90 Å². The van der Waals surface area contributed by atoms with E-state index in [0.29, 0.717) is 5.69 Å². The Morgan fingerprint density at radius 2 is 1.92 bits per heavy atom. The maximum Gasteiger partial charge on any atom is 0.321 e. The second-order valence-corrected chi connectivity index (χ2v) is 6.30. The topological polar surface area (TPSA) is 84.8 Å². The Bertz CT molecular complexity index is 763. The van der Waals surface area contributed by atoms with Crippen LogP contribution in [-0.4, -0.2) is 47.4 Å². The van der Waals surface area contributed by atoms with Crippen molar-refractivity contribution in [3.8, 4) is 0 Å². The fraction of sp³-hybridized carbons (Fsp3) is 0.316. The Morgan fingerprint density at radius 1 is 1.20 bits per heavy atom. The molecular formula is C19H23N3O3. The number of hydrogen-bond acceptors (Lipinski definition) is 4. The van der Waals surface area contributed by atoms with Gasteiger partial charge in [-0.05, 0) is 42.2 Å². The maximum absolute atomic E-state index is 12.2. The number of hydrogen-bond donors (Lipinski definition) is 4. The van der Waals surface area contributed by atoms with E-state index >= 15 is 0 Å². The molecule has 2 amide bonds. The van der Waals surface area contributed by atoms with Crippen LogP contribution in [0.1, 0.15) is 11.1 Å². The molecule has 6 nitrogen and oxygen atoms in total. The van der Waals surface area contributed by atoms with E-state index in [0.717, 1.165) is 24.2 Å². The van der Waals surface area contributed by atoms with Crippen molar-refractivity contribution in [1.29, 1.82) is 0 Å². The van der Waals surface area contributed by atoms with E-state index in [1.807, 2.05) is 30.3 Å². The lowest BCUT2D eigenvalue weighted by atomic mass is 10.0. The zero-order valence-corrected chi connectivity index (χ0v) is 14.2. The number of benzene rings is 2. The third kappa shape index (κ3) is 4.10. The van der Waals surface area contributed by atoms with Crippen LogP contribution in [0.5, 0.6) is 0 Å². The summed E-state index contributed by atoms with van der Waals surface area (Å²) < 4.78 is 0. The van der Waals surface area contributed by atoms with Crippen molar-refractivity contribution in [2.45, 2.75) is 18.9 Å². The van der Waals surface area contributed by atoms with Crippen LogP contribution in [0.25, 0.3) is 0 Å². The molecule has 6 heteroatoms. The summed E-state index contributed by atoms with van der Waals surface area (Å²) in [6.07, 6.45) is 0.973. The summed E-state index contributed by atoms with van der Waals surface area (Å²) in [7, 11) is 1.58. The lowest BCUT2D eigenvalue weighted by Crippen LogP contribution is -2.38. The van der Waals surface area contributed by atoms with Crippen molar-refractivity contribution < 1.29 is 15.0 Å². The number of aryl methyl sites for hydroxylation is 2. The molecule has 0 aliphatic carbocycles. The van der Waals surface area contributed by atoms with Gasteiger partial charge in [-0.1, -0.05) is 24.3 Å². The molecule has 0 radical (unpaired) electrons. The summed E-state index contributed by atoms with van der Waals surface area (Å²) in [5, 5.41) is 24.6. The van der Waals surface area contributed by atoms with E-state index in [2.05, 4.69) is 22.8 Å². The van der Waals surface area contributed by atoms with Gasteiger partial charge in [0.1, 0.15) is 0 Å². The number of nitrogens with one attached hydrogen (secondary N) is 2. The van der Waals surface area contributed by atoms with E-state index in [9.17, 15) is 9.90 Å². The first kappa shape index (κ1) is 17.3. The third-order valence-corrected chi connectivity index (χ3v) is 4.35. The number of likely N-dealkylation sites (N-methyl/N-ethyl adjacent to an activating group) is 1. The van der Waals surface area contributed by atoms with Gasteiger partial charge in [-0.2, -0.15) is 0 Å². The molecule has 0 fully saturated rings. The van der Waals surface area contributed by atoms with Crippen LogP contribution in [0, 0.1) is 0 Å². The molecule has 0 bridgehead atoms. The molecule has 1 aliphatic heterocycles. The number of carbonyl (C=O) groups excluding carboxylic acids is 1. The summed E-state index contributed by atoms with van der Waals surface area (Å²) in [5.74, 6) is 0. The Hall–Kier alpha value is -2.57. The number of para-hydroxylation sites is 1. The summed E-state index contributed by atoms with van der Waals surface area (Å²) in [5.41, 5.74) is 5.25. The van der Waals surface area contributed by atoms with Gasteiger partial charge in [-0.15, -0.1) is 0 Å². The van der Waals surface area contributed by atoms with Gasteiger partial charge in [0.05, 0.1) is 19.3 Å². The Labute approximate surface area is 147 Å². The van der Waals surface area contributed by atoms with E-state index in [1.165, 1.54) is 16.0 Å².